The zero-order chi connectivity index (χ0) is 10.8. The topological polar surface area (TPSA) is 12.4 Å². The molecule has 0 atom stereocenters. The van der Waals surface area contributed by atoms with Gasteiger partial charge in [-0.15, -0.1) is 0 Å². The van der Waals surface area contributed by atoms with Gasteiger partial charge >= 0.3 is 0 Å². The summed E-state index contributed by atoms with van der Waals surface area (Å²) >= 11 is 3.41. The third-order valence-corrected chi connectivity index (χ3v) is 2.24. The van der Waals surface area contributed by atoms with Crippen LogP contribution in [0.25, 0.3) is 0 Å². The van der Waals surface area contributed by atoms with E-state index in [0.29, 0.717) is 4.59 Å². The first-order valence-corrected chi connectivity index (χ1v) is 5.32. The van der Waals surface area contributed by atoms with Crippen LogP contribution < -0.4 is 0 Å². The van der Waals surface area contributed by atoms with Gasteiger partial charge in [0.05, 0.1) is 26.9 Å². The van der Waals surface area contributed by atoms with Crippen molar-refractivity contribution < 1.29 is 4.59 Å². The van der Waals surface area contributed by atoms with E-state index >= 15 is 0 Å². The molecular formula is C11H16BrN2+. The lowest BCUT2D eigenvalue weighted by atomic mass is 10.1. The Kier molecular flexibility index (Phi) is 3.45. The Morgan fingerprint density at radius 1 is 1.14 bits per heavy atom. The Labute approximate surface area is 94.0 Å². The molecule has 0 heterocycles. The number of quaternary nitrogens is 1. The summed E-state index contributed by atoms with van der Waals surface area (Å²) in [5, 5.41) is 4.55. The second-order valence-corrected chi connectivity index (χ2v) is 5.05. The van der Waals surface area contributed by atoms with Crippen LogP contribution in [0.5, 0.6) is 0 Å². The van der Waals surface area contributed by atoms with Crippen molar-refractivity contribution in [2.45, 2.75) is 6.92 Å². The van der Waals surface area contributed by atoms with E-state index in [4.69, 9.17) is 0 Å². The van der Waals surface area contributed by atoms with Gasteiger partial charge < -0.3 is 0 Å². The third kappa shape index (κ3) is 3.60. The van der Waals surface area contributed by atoms with Crippen molar-refractivity contribution in [3.8, 4) is 0 Å². The highest BCUT2D eigenvalue weighted by atomic mass is 79.9. The van der Waals surface area contributed by atoms with E-state index in [1.807, 2.05) is 40.2 Å². The van der Waals surface area contributed by atoms with Crippen LogP contribution in [0.2, 0.25) is 0 Å². The number of halogens is 1. The number of hydrogen-bond donors (Lipinski definition) is 0. The molecule has 0 unspecified atom stereocenters. The van der Waals surface area contributed by atoms with Gasteiger partial charge in [-0.05, 0) is 19.1 Å². The molecule has 2 nitrogen and oxygen atoms in total. The average molecular weight is 256 g/mol. The molecule has 0 fully saturated rings. The molecule has 0 saturated carbocycles. The Balaban J connectivity index is 2.95. The van der Waals surface area contributed by atoms with Gasteiger partial charge in [0.25, 0.3) is 0 Å². The van der Waals surface area contributed by atoms with E-state index in [9.17, 15) is 0 Å². The molecule has 0 aromatic heterocycles. The van der Waals surface area contributed by atoms with Gasteiger partial charge in [-0.25, -0.2) is 4.59 Å². The highest BCUT2D eigenvalue weighted by molar-refractivity contribution is 9.10. The SMILES string of the molecule is C/C(=N/[N+](C)(C)C)c1ccc(Br)cc1. The first-order chi connectivity index (χ1) is 6.38. The highest BCUT2D eigenvalue weighted by Gasteiger charge is 2.06. The lowest BCUT2D eigenvalue weighted by molar-refractivity contribution is -0.877. The quantitative estimate of drug-likeness (QED) is 0.438. The molecule has 1 rings (SSSR count). The molecule has 0 spiro atoms. The maximum absolute atomic E-state index is 4.55. The molecule has 0 aliphatic heterocycles. The fourth-order valence-corrected chi connectivity index (χ4v) is 1.46. The van der Waals surface area contributed by atoms with Gasteiger partial charge in [0.1, 0.15) is 0 Å². The summed E-state index contributed by atoms with van der Waals surface area (Å²) in [5.74, 6) is 0. The van der Waals surface area contributed by atoms with Gasteiger partial charge in [0, 0.05) is 10.0 Å². The standard InChI is InChI=1S/C11H16BrN2/c1-9(13-14(2,3)4)10-5-7-11(12)8-6-10/h5-8H,1-4H3/q+1/b13-9-. The van der Waals surface area contributed by atoms with Crippen LogP contribution in [0.1, 0.15) is 12.5 Å². The molecular weight excluding hydrogens is 240 g/mol. The lowest BCUT2D eigenvalue weighted by Crippen LogP contribution is -2.28. The van der Waals surface area contributed by atoms with Crippen molar-refractivity contribution in [1.29, 1.82) is 0 Å². The van der Waals surface area contributed by atoms with Crippen molar-refractivity contribution in [2.24, 2.45) is 5.10 Å². The first-order valence-electron chi connectivity index (χ1n) is 4.53. The van der Waals surface area contributed by atoms with E-state index < -0.39 is 0 Å². The first kappa shape index (κ1) is 11.4. The van der Waals surface area contributed by atoms with Gasteiger partial charge in [0.15, 0.2) is 0 Å². The normalized spacial score (nSPS) is 13.1. The minimum Gasteiger partial charge on any atom is -0.205 e. The maximum Gasteiger partial charge on any atom is 0.0999 e. The fourth-order valence-electron chi connectivity index (χ4n) is 1.20. The van der Waals surface area contributed by atoms with E-state index in [1.54, 1.807) is 0 Å². The van der Waals surface area contributed by atoms with Gasteiger partial charge in [-0.1, -0.05) is 33.2 Å². The monoisotopic (exact) mass is 255 g/mol. The molecule has 76 valence electrons. The maximum atomic E-state index is 4.55. The summed E-state index contributed by atoms with van der Waals surface area (Å²) in [5.41, 5.74) is 2.23. The summed E-state index contributed by atoms with van der Waals surface area (Å²) in [7, 11) is 6.13. The zero-order valence-corrected chi connectivity index (χ0v) is 10.7. The Morgan fingerprint density at radius 3 is 2.07 bits per heavy atom. The van der Waals surface area contributed by atoms with E-state index in [1.165, 1.54) is 5.56 Å². The van der Waals surface area contributed by atoms with Crippen molar-refractivity contribution in [3.05, 3.63) is 34.3 Å². The summed E-state index contributed by atoms with van der Waals surface area (Å²) in [4.78, 5) is 0. The molecule has 0 radical (unpaired) electrons. The van der Waals surface area contributed by atoms with Crippen LogP contribution in [0.3, 0.4) is 0 Å². The van der Waals surface area contributed by atoms with Crippen LogP contribution in [0.4, 0.5) is 0 Å². The summed E-state index contributed by atoms with van der Waals surface area (Å²) in [6, 6.07) is 8.20. The highest BCUT2D eigenvalue weighted by Crippen LogP contribution is 2.11. The smallest absolute Gasteiger partial charge is 0.0999 e. The molecule has 0 N–H and O–H groups in total. The Hall–Kier alpha value is -0.670. The van der Waals surface area contributed by atoms with Crippen LogP contribution in [0, 0.1) is 0 Å². The van der Waals surface area contributed by atoms with E-state index in [0.717, 1.165) is 10.2 Å². The summed E-state index contributed by atoms with van der Waals surface area (Å²) < 4.78 is 1.70. The van der Waals surface area contributed by atoms with Crippen LogP contribution in [0.15, 0.2) is 33.8 Å². The minimum absolute atomic E-state index is 0.599. The molecule has 0 aliphatic rings. The molecule has 1 aromatic carbocycles. The predicted octanol–water partition coefficient (Wildman–Crippen LogP) is 2.88. The van der Waals surface area contributed by atoms with Gasteiger partial charge in [-0.2, -0.15) is 0 Å². The average Bonchev–Trinajstić information content (AvgIpc) is 2.02. The molecule has 1 aromatic rings. The second kappa shape index (κ2) is 4.24. The number of nitrogens with zero attached hydrogens (tertiary/aromatic N) is 2. The second-order valence-electron chi connectivity index (χ2n) is 4.13. The van der Waals surface area contributed by atoms with Gasteiger partial charge in [-0.3, -0.25) is 0 Å². The minimum atomic E-state index is 0.599. The van der Waals surface area contributed by atoms with Crippen molar-refractivity contribution in [3.63, 3.8) is 0 Å². The number of rotatable bonds is 2. The lowest BCUT2D eigenvalue weighted by Gasteiger charge is -2.16. The van der Waals surface area contributed by atoms with E-state index in [2.05, 4.69) is 33.2 Å². The molecule has 14 heavy (non-hydrogen) atoms. The molecule has 3 heteroatoms. The summed E-state index contributed by atoms with van der Waals surface area (Å²) in [6.45, 7) is 2.03. The van der Waals surface area contributed by atoms with Crippen LogP contribution in [-0.2, 0) is 0 Å². The van der Waals surface area contributed by atoms with Crippen LogP contribution >= 0.6 is 15.9 Å². The molecule has 0 aliphatic carbocycles. The molecule has 0 saturated heterocycles. The number of hydrogen-bond acceptors (Lipinski definition) is 1. The third-order valence-electron chi connectivity index (χ3n) is 1.71. The Bertz CT molecular complexity index is 333. The van der Waals surface area contributed by atoms with Crippen molar-refractivity contribution >= 4 is 21.6 Å². The van der Waals surface area contributed by atoms with Crippen molar-refractivity contribution in [1.82, 2.24) is 0 Å². The van der Waals surface area contributed by atoms with E-state index in [-0.39, 0.29) is 0 Å². The van der Waals surface area contributed by atoms with Crippen molar-refractivity contribution in [2.75, 3.05) is 21.1 Å². The van der Waals surface area contributed by atoms with Crippen LogP contribution in [-0.4, -0.2) is 31.4 Å². The summed E-state index contributed by atoms with van der Waals surface area (Å²) in [6.07, 6.45) is 0. The largest absolute Gasteiger partial charge is 0.205 e. The van der Waals surface area contributed by atoms with Gasteiger partial charge in [0.2, 0.25) is 0 Å². The predicted molar refractivity (Wildman–Crippen MR) is 64.4 cm³/mol. The fraction of sp³-hybridized carbons (Fsp3) is 0.364. The Morgan fingerprint density at radius 2 is 1.64 bits per heavy atom. The number of benzene rings is 1. The zero-order valence-electron chi connectivity index (χ0n) is 9.08. The molecule has 0 amide bonds. The molecule has 0 bridgehead atoms.